The molecule has 0 aromatic carbocycles. The number of hydrogen-bond acceptors (Lipinski definition) is 4. The Morgan fingerprint density at radius 2 is 1.75 bits per heavy atom. The molecule has 1 rings (SSSR count). The summed E-state index contributed by atoms with van der Waals surface area (Å²) in [6, 6.07) is 0. The highest BCUT2D eigenvalue weighted by Gasteiger charge is 2.16. The van der Waals surface area contributed by atoms with Gasteiger partial charge < -0.3 is 0 Å². The van der Waals surface area contributed by atoms with Crippen molar-refractivity contribution in [3.63, 3.8) is 0 Å². The molecule has 6 heteroatoms. The van der Waals surface area contributed by atoms with E-state index in [4.69, 9.17) is 0 Å². The number of nitrogens with zero attached hydrogens (tertiary/aromatic N) is 3. The first-order valence-corrected chi connectivity index (χ1v) is 7.05. The van der Waals surface area contributed by atoms with Crippen molar-refractivity contribution in [2.75, 3.05) is 17.6 Å². The van der Waals surface area contributed by atoms with Gasteiger partial charge in [-0.2, -0.15) is 0 Å². The summed E-state index contributed by atoms with van der Waals surface area (Å²) in [6.07, 6.45) is 4.83. The molecule has 0 spiro atoms. The van der Waals surface area contributed by atoms with Crippen LogP contribution in [0.1, 0.15) is 26.5 Å². The van der Waals surface area contributed by atoms with Gasteiger partial charge in [0.15, 0.2) is 5.82 Å². The number of anilines is 1. The minimum Gasteiger partial charge on any atom is -0.256 e. The van der Waals surface area contributed by atoms with E-state index in [9.17, 15) is 8.42 Å². The molecule has 0 aliphatic rings. The number of aryl methyl sites for hydroxylation is 1. The van der Waals surface area contributed by atoms with Crippen LogP contribution in [0.5, 0.6) is 0 Å². The van der Waals surface area contributed by atoms with E-state index in [1.165, 1.54) is 13.2 Å². The average molecular weight is 245 g/mol. The first-order chi connectivity index (χ1) is 7.46. The highest BCUT2D eigenvalue weighted by atomic mass is 32.2. The van der Waals surface area contributed by atoms with Crippen molar-refractivity contribution in [1.82, 2.24) is 9.97 Å². The molecular formula is C10H19N3O2S. The maximum absolute atomic E-state index is 11.3. The van der Waals surface area contributed by atoms with Crippen molar-refractivity contribution in [2.45, 2.75) is 27.2 Å². The third-order valence-corrected chi connectivity index (χ3v) is 3.05. The van der Waals surface area contributed by atoms with Crippen LogP contribution in [0.15, 0.2) is 12.4 Å². The van der Waals surface area contributed by atoms with E-state index < -0.39 is 10.0 Å². The van der Waals surface area contributed by atoms with E-state index in [1.807, 2.05) is 20.8 Å². The van der Waals surface area contributed by atoms with Crippen LogP contribution in [0.25, 0.3) is 0 Å². The van der Waals surface area contributed by atoms with Gasteiger partial charge in [-0.3, -0.25) is 9.29 Å². The zero-order valence-electron chi connectivity index (χ0n) is 10.4. The Kier molecular flexibility index (Phi) is 5.95. The minimum absolute atomic E-state index is 0.400. The Morgan fingerprint density at radius 1 is 1.25 bits per heavy atom. The van der Waals surface area contributed by atoms with Crippen molar-refractivity contribution in [2.24, 2.45) is 0 Å². The van der Waals surface area contributed by atoms with E-state index in [2.05, 4.69) is 9.97 Å². The molecule has 0 aliphatic heterocycles. The number of sulfonamides is 1. The van der Waals surface area contributed by atoms with Gasteiger partial charge in [0.05, 0.1) is 11.9 Å². The molecule has 0 amide bonds. The van der Waals surface area contributed by atoms with Crippen LogP contribution in [0, 0.1) is 0 Å². The maximum Gasteiger partial charge on any atom is 0.233 e. The van der Waals surface area contributed by atoms with Crippen molar-refractivity contribution in [1.29, 1.82) is 0 Å². The summed E-state index contributed by atoms with van der Waals surface area (Å²) in [5.74, 6) is 0.400. The van der Waals surface area contributed by atoms with E-state index in [0.717, 1.165) is 10.6 Å². The van der Waals surface area contributed by atoms with E-state index in [0.29, 0.717) is 17.9 Å². The molecule has 0 unspecified atom stereocenters. The molecule has 0 atom stereocenters. The van der Waals surface area contributed by atoms with Crippen LogP contribution in [0.2, 0.25) is 0 Å². The highest BCUT2D eigenvalue weighted by molar-refractivity contribution is 7.92. The molecule has 5 nitrogen and oxygen atoms in total. The Hall–Kier alpha value is -1.17. The molecule has 16 heavy (non-hydrogen) atoms. The molecule has 1 heterocycles. The molecule has 0 saturated carbocycles. The van der Waals surface area contributed by atoms with Crippen LogP contribution in [0.3, 0.4) is 0 Å². The largest absolute Gasteiger partial charge is 0.256 e. The topological polar surface area (TPSA) is 63.2 Å². The predicted molar refractivity (Wildman–Crippen MR) is 66.0 cm³/mol. The van der Waals surface area contributed by atoms with Gasteiger partial charge in [0, 0.05) is 19.4 Å². The van der Waals surface area contributed by atoms with E-state index in [1.54, 1.807) is 6.20 Å². The zero-order chi connectivity index (χ0) is 12.8. The monoisotopic (exact) mass is 245 g/mol. The van der Waals surface area contributed by atoms with Gasteiger partial charge in [0.1, 0.15) is 0 Å². The second-order valence-corrected chi connectivity index (χ2v) is 4.92. The van der Waals surface area contributed by atoms with E-state index in [-0.39, 0.29) is 0 Å². The van der Waals surface area contributed by atoms with Crippen LogP contribution in [-0.4, -0.2) is 31.7 Å². The van der Waals surface area contributed by atoms with Crippen LogP contribution in [-0.2, 0) is 16.4 Å². The van der Waals surface area contributed by atoms with Crippen molar-refractivity contribution in [3.05, 3.63) is 18.1 Å². The summed E-state index contributed by atoms with van der Waals surface area (Å²) < 4.78 is 23.7. The molecular weight excluding hydrogens is 226 g/mol. The quantitative estimate of drug-likeness (QED) is 0.808. The zero-order valence-corrected chi connectivity index (χ0v) is 11.2. The fourth-order valence-corrected chi connectivity index (χ4v) is 1.50. The molecule has 1 aromatic rings. The molecule has 0 fully saturated rings. The highest BCUT2D eigenvalue weighted by Crippen LogP contribution is 2.15. The Labute approximate surface area is 97.6 Å². The van der Waals surface area contributed by atoms with Crippen molar-refractivity contribution >= 4 is 15.8 Å². The summed E-state index contributed by atoms with van der Waals surface area (Å²) in [7, 11) is -1.79. The lowest BCUT2D eigenvalue weighted by atomic mass is 10.3. The third kappa shape index (κ3) is 3.77. The lowest BCUT2D eigenvalue weighted by Gasteiger charge is -2.17. The van der Waals surface area contributed by atoms with Gasteiger partial charge in [-0.1, -0.05) is 20.8 Å². The van der Waals surface area contributed by atoms with Gasteiger partial charge >= 0.3 is 0 Å². The van der Waals surface area contributed by atoms with Crippen LogP contribution >= 0.6 is 0 Å². The maximum atomic E-state index is 11.3. The van der Waals surface area contributed by atoms with Gasteiger partial charge in [-0.05, 0) is 6.42 Å². The van der Waals surface area contributed by atoms with E-state index >= 15 is 0 Å². The second kappa shape index (κ2) is 6.42. The molecule has 92 valence electrons. The number of aromatic nitrogens is 2. The van der Waals surface area contributed by atoms with Gasteiger partial charge in [0.2, 0.25) is 10.0 Å². The summed E-state index contributed by atoms with van der Waals surface area (Å²) >= 11 is 0. The molecule has 0 saturated heterocycles. The first kappa shape index (κ1) is 14.8. The predicted octanol–water partition coefficient (Wildman–Crippen LogP) is 1.46. The van der Waals surface area contributed by atoms with Gasteiger partial charge in [0.25, 0.3) is 0 Å². The summed E-state index contributed by atoms with van der Waals surface area (Å²) in [4.78, 5) is 8.06. The third-order valence-electron chi connectivity index (χ3n) is 1.88. The van der Waals surface area contributed by atoms with Crippen molar-refractivity contribution < 1.29 is 8.42 Å². The molecule has 0 N–H and O–H groups in total. The number of hydrogen-bond donors (Lipinski definition) is 0. The Balaban J connectivity index is 0.00000106. The number of rotatable bonds is 3. The fourth-order valence-electron chi connectivity index (χ4n) is 1.03. The Morgan fingerprint density at radius 3 is 2.19 bits per heavy atom. The van der Waals surface area contributed by atoms with Crippen LogP contribution in [0.4, 0.5) is 5.82 Å². The first-order valence-electron chi connectivity index (χ1n) is 5.20. The molecule has 0 bridgehead atoms. The van der Waals surface area contributed by atoms with Gasteiger partial charge in [-0.15, -0.1) is 0 Å². The lowest BCUT2D eigenvalue weighted by molar-refractivity contribution is 0.599. The van der Waals surface area contributed by atoms with Gasteiger partial charge in [-0.25, -0.2) is 13.4 Å². The molecule has 1 aromatic heterocycles. The second-order valence-electron chi connectivity index (χ2n) is 2.91. The fraction of sp³-hybridized carbons (Fsp3) is 0.600. The summed E-state index contributed by atoms with van der Waals surface area (Å²) in [5, 5.41) is 0. The van der Waals surface area contributed by atoms with Crippen molar-refractivity contribution in [3.8, 4) is 0 Å². The molecule has 0 aliphatic carbocycles. The normalized spacial score (nSPS) is 10.3. The summed E-state index contributed by atoms with van der Waals surface area (Å²) in [6.45, 7) is 5.91. The SMILES string of the molecule is CC.CCc1nccnc1N(C)S(C)(=O)=O. The summed E-state index contributed by atoms with van der Waals surface area (Å²) in [5.41, 5.74) is 0.681. The Bertz CT molecular complexity index is 418. The minimum atomic E-state index is -3.26. The average Bonchev–Trinajstić information content (AvgIpc) is 2.29. The standard InChI is InChI=1S/C8H13N3O2S.C2H6/c1-4-7-8(10-6-5-9-7)11(2)14(3,12)13;1-2/h5-6H,4H2,1-3H3;1-2H3. The van der Waals surface area contributed by atoms with Crippen LogP contribution < -0.4 is 4.31 Å². The lowest BCUT2D eigenvalue weighted by Crippen LogP contribution is -2.27. The molecule has 0 radical (unpaired) electrons. The smallest absolute Gasteiger partial charge is 0.233 e.